The van der Waals surface area contributed by atoms with Crippen LogP contribution in [-0.4, -0.2) is 24.5 Å². The molecular weight excluding hydrogens is 374 g/mol. The maximum absolute atomic E-state index is 13.0. The van der Waals surface area contributed by atoms with E-state index < -0.39 is 0 Å². The molecule has 152 valence electrons. The molecule has 4 nitrogen and oxygen atoms in total. The number of hydrogen-bond donors (Lipinski definition) is 1. The van der Waals surface area contributed by atoms with Crippen molar-refractivity contribution in [3.05, 3.63) is 102 Å². The number of carbonyl (C=O) groups is 1. The number of ketones is 1. The molecule has 0 fully saturated rings. The van der Waals surface area contributed by atoms with Crippen molar-refractivity contribution in [3.63, 3.8) is 0 Å². The molecule has 0 aliphatic carbocycles. The lowest BCUT2D eigenvalue weighted by Gasteiger charge is -2.17. The summed E-state index contributed by atoms with van der Waals surface area (Å²) in [5.74, 6) is 0.838. The number of benzene rings is 3. The molecule has 0 saturated heterocycles. The quantitative estimate of drug-likeness (QED) is 0.365. The molecule has 0 saturated carbocycles. The third-order valence-electron chi connectivity index (χ3n) is 5.32. The van der Waals surface area contributed by atoms with Gasteiger partial charge in [0.25, 0.3) is 0 Å². The lowest BCUT2D eigenvalue weighted by atomic mass is 9.91. The highest BCUT2D eigenvalue weighted by Crippen LogP contribution is 2.32. The van der Waals surface area contributed by atoms with E-state index in [1.807, 2.05) is 85.1 Å². The van der Waals surface area contributed by atoms with E-state index in [4.69, 9.17) is 9.47 Å². The van der Waals surface area contributed by atoms with Gasteiger partial charge in [-0.1, -0.05) is 60.7 Å². The fourth-order valence-electron chi connectivity index (χ4n) is 3.70. The zero-order chi connectivity index (χ0) is 20.8. The number of methoxy groups -OCH3 is 1. The number of hydrogen-bond acceptors (Lipinski definition) is 3. The molecule has 4 aromatic rings. The van der Waals surface area contributed by atoms with E-state index in [-0.39, 0.29) is 11.7 Å². The molecule has 0 radical (unpaired) electrons. The Hall–Kier alpha value is -3.37. The second-order valence-electron chi connectivity index (χ2n) is 7.35. The highest BCUT2D eigenvalue weighted by atomic mass is 16.5. The van der Waals surface area contributed by atoms with Crippen molar-refractivity contribution in [1.82, 2.24) is 4.98 Å². The molecule has 4 rings (SSSR count). The van der Waals surface area contributed by atoms with Gasteiger partial charge in [-0.05, 0) is 29.3 Å². The van der Waals surface area contributed by atoms with E-state index in [9.17, 15) is 4.79 Å². The topological polar surface area (TPSA) is 51.3 Å². The number of aromatic amines is 1. The lowest BCUT2D eigenvalue weighted by Crippen LogP contribution is -2.13. The zero-order valence-electron chi connectivity index (χ0n) is 17.0. The van der Waals surface area contributed by atoms with E-state index in [1.54, 1.807) is 7.11 Å². The average Bonchev–Trinajstić information content (AvgIpc) is 3.22. The molecule has 0 aliphatic heterocycles. The second-order valence-corrected chi connectivity index (χ2v) is 7.35. The molecule has 1 heterocycles. The first-order chi connectivity index (χ1) is 14.7. The largest absolute Gasteiger partial charge is 0.497 e. The molecular formula is C26H25NO3. The highest BCUT2D eigenvalue weighted by molar-refractivity contribution is 5.97. The zero-order valence-corrected chi connectivity index (χ0v) is 17.0. The van der Waals surface area contributed by atoms with Crippen LogP contribution in [0.5, 0.6) is 5.75 Å². The van der Waals surface area contributed by atoms with Crippen molar-refractivity contribution >= 4 is 16.7 Å². The van der Waals surface area contributed by atoms with Gasteiger partial charge in [0.15, 0.2) is 5.78 Å². The third-order valence-corrected chi connectivity index (χ3v) is 5.32. The third kappa shape index (κ3) is 4.61. The van der Waals surface area contributed by atoms with Crippen LogP contribution in [0.3, 0.4) is 0 Å². The number of H-pyrrole nitrogens is 1. The standard InChI is InChI=1S/C26H25NO3/c1-29-22-12-13-25-23(15-22)24(16-27-25)21(14-26(28)20-10-6-3-7-11-20)18-30-17-19-8-4-2-5-9-19/h2-13,15-16,21,27H,14,17-18H2,1H3/t21-/m0/s1. The molecule has 0 amide bonds. The van der Waals surface area contributed by atoms with E-state index in [1.165, 1.54) is 0 Å². The predicted molar refractivity (Wildman–Crippen MR) is 119 cm³/mol. The van der Waals surface area contributed by atoms with E-state index in [2.05, 4.69) is 4.98 Å². The molecule has 1 atom stereocenters. The van der Waals surface area contributed by atoms with E-state index >= 15 is 0 Å². The molecule has 0 spiro atoms. The summed E-state index contributed by atoms with van der Waals surface area (Å²) in [5.41, 5.74) is 3.93. The van der Waals surface area contributed by atoms with Crippen LogP contribution in [-0.2, 0) is 11.3 Å². The second kappa shape index (κ2) is 9.42. The molecule has 0 unspecified atom stereocenters. The molecule has 3 aromatic carbocycles. The van der Waals surface area contributed by atoms with Gasteiger partial charge in [-0.3, -0.25) is 4.79 Å². The Morgan fingerprint density at radius 3 is 2.43 bits per heavy atom. The number of aromatic nitrogens is 1. The van der Waals surface area contributed by atoms with Crippen LogP contribution >= 0.6 is 0 Å². The number of Topliss-reactive ketones (excluding diaryl/α,β-unsaturated/α-hetero) is 1. The molecule has 1 aromatic heterocycles. The molecule has 0 aliphatic rings. The summed E-state index contributed by atoms with van der Waals surface area (Å²) in [6.45, 7) is 0.972. The normalized spacial score (nSPS) is 12.0. The van der Waals surface area contributed by atoms with Gasteiger partial charge in [-0.2, -0.15) is 0 Å². The van der Waals surface area contributed by atoms with Crippen molar-refractivity contribution in [2.75, 3.05) is 13.7 Å². The minimum atomic E-state index is -0.0673. The molecule has 4 heteroatoms. The van der Waals surface area contributed by atoms with Crippen LogP contribution in [0, 0.1) is 0 Å². The summed E-state index contributed by atoms with van der Waals surface area (Å²) < 4.78 is 11.5. The minimum absolute atomic E-state index is 0.0673. The number of ether oxygens (including phenoxy) is 2. The minimum Gasteiger partial charge on any atom is -0.497 e. The maximum atomic E-state index is 13.0. The Morgan fingerprint density at radius 2 is 1.70 bits per heavy atom. The van der Waals surface area contributed by atoms with Crippen molar-refractivity contribution in [2.24, 2.45) is 0 Å². The summed E-state index contributed by atoms with van der Waals surface area (Å²) in [5, 5.41) is 1.06. The van der Waals surface area contributed by atoms with Crippen molar-refractivity contribution in [1.29, 1.82) is 0 Å². The Bertz CT molecular complexity index is 1100. The maximum Gasteiger partial charge on any atom is 0.163 e. The fraction of sp³-hybridized carbons (Fsp3) is 0.192. The SMILES string of the molecule is COc1ccc2[nH]cc([C@H](COCc3ccccc3)CC(=O)c3ccccc3)c2c1. The Balaban J connectivity index is 1.58. The van der Waals surface area contributed by atoms with E-state index in [0.29, 0.717) is 19.6 Å². The first kappa shape index (κ1) is 19.9. The highest BCUT2D eigenvalue weighted by Gasteiger charge is 2.21. The summed E-state index contributed by atoms with van der Waals surface area (Å²) in [7, 11) is 1.66. The lowest BCUT2D eigenvalue weighted by molar-refractivity contribution is 0.0868. The van der Waals surface area contributed by atoms with Crippen LogP contribution in [0.2, 0.25) is 0 Å². The molecule has 30 heavy (non-hydrogen) atoms. The molecule has 0 bridgehead atoms. The molecule has 1 N–H and O–H groups in total. The fourth-order valence-corrected chi connectivity index (χ4v) is 3.70. The van der Waals surface area contributed by atoms with Gasteiger partial charge in [-0.25, -0.2) is 0 Å². The Kier molecular flexibility index (Phi) is 6.26. The van der Waals surface area contributed by atoms with Crippen molar-refractivity contribution in [2.45, 2.75) is 18.9 Å². The van der Waals surface area contributed by atoms with E-state index in [0.717, 1.165) is 33.3 Å². The van der Waals surface area contributed by atoms with Gasteiger partial charge in [0.2, 0.25) is 0 Å². The van der Waals surface area contributed by atoms with Crippen LogP contribution in [0.1, 0.15) is 33.8 Å². The van der Waals surface area contributed by atoms with Gasteiger partial charge < -0.3 is 14.5 Å². The number of carbonyl (C=O) groups excluding carboxylic acids is 1. The summed E-state index contributed by atoms with van der Waals surface area (Å²) in [4.78, 5) is 16.3. The summed E-state index contributed by atoms with van der Waals surface area (Å²) in [6.07, 6.45) is 2.36. The number of rotatable bonds is 9. The van der Waals surface area contributed by atoms with Gasteiger partial charge >= 0.3 is 0 Å². The van der Waals surface area contributed by atoms with Crippen molar-refractivity contribution < 1.29 is 14.3 Å². The Labute approximate surface area is 176 Å². The van der Waals surface area contributed by atoms with Crippen LogP contribution in [0.4, 0.5) is 0 Å². The van der Waals surface area contributed by atoms with Gasteiger partial charge in [0, 0.05) is 35.0 Å². The predicted octanol–water partition coefficient (Wildman–Crippen LogP) is 5.75. The van der Waals surface area contributed by atoms with Gasteiger partial charge in [0.1, 0.15) is 5.75 Å². The van der Waals surface area contributed by atoms with Gasteiger partial charge in [-0.15, -0.1) is 0 Å². The smallest absolute Gasteiger partial charge is 0.163 e. The first-order valence-electron chi connectivity index (χ1n) is 10.1. The average molecular weight is 399 g/mol. The van der Waals surface area contributed by atoms with Crippen LogP contribution in [0.25, 0.3) is 10.9 Å². The first-order valence-corrected chi connectivity index (χ1v) is 10.1. The number of nitrogens with one attached hydrogen (secondary N) is 1. The van der Waals surface area contributed by atoms with Crippen LogP contribution in [0.15, 0.2) is 85.1 Å². The summed E-state index contributed by atoms with van der Waals surface area (Å²) >= 11 is 0. The number of fused-ring (bicyclic) bond motifs is 1. The Morgan fingerprint density at radius 1 is 0.967 bits per heavy atom. The monoisotopic (exact) mass is 399 g/mol. The summed E-state index contributed by atoms with van der Waals surface area (Å²) in [6, 6.07) is 25.5. The van der Waals surface area contributed by atoms with Crippen molar-refractivity contribution in [3.8, 4) is 5.75 Å². The van der Waals surface area contributed by atoms with Gasteiger partial charge in [0.05, 0.1) is 20.3 Å². The van der Waals surface area contributed by atoms with Crippen LogP contribution < -0.4 is 4.74 Å².